The van der Waals surface area contributed by atoms with Gasteiger partial charge in [0.25, 0.3) is 0 Å². The van der Waals surface area contributed by atoms with Gasteiger partial charge in [-0.2, -0.15) is 0 Å². The Morgan fingerprint density at radius 3 is 2.42 bits per heavy atom. The fraction of sp³-hybridized carbons (Fsp3) is 0.440. The zero-order chi connectivity index (χ0) is 24.4. The second kappa shape index (κ2) is 13.5. The van der Waals surface area contributed by atoms with Crippen LogP contribution in [0.5, 0.6) is 5.75 Å². The van der Waals surface area contributed by atoms with Crippen molar-refractivity contribution >= 4 is 35.2 Å². The Balaban J connectivity index is 2.18. The molecule has 1 N–H and O–H groups in total. The topological polar surface area (TPSA) is 58.6 Å². The molecule has 2 aromatic carbocycles. The molecule has 0 aliphatic carbocycles. The van der Waals surface area contributed by atoms with Crippen LogP contribution in [0.15, 0.2) is 42.5 Å². The highest BCUT2D eigenvalue weighted by Crippen LogP contribution is 2.25. The second-order valence-corrected chi connectivity index (χ2v) is 9.20. The van der Waals surface area contributed by atoms with Gasteiger partial charge in [-0.05, 0) is 49.6 Å². The molecule has 0 aliphatic rings. The predicted octanol–water partition coefficient (Wildman–Crippen LogP) is 5.44. The molecule has 2 rings (SSSR count). The Morgan fingerprint density at radius 2 is 1.85 bits per heavy atom. The maximum Gasteiger partial charge on any atom is 0.243 e. The maximum absolute atomic E-state index is 14.1. The van der Waals surface area contributed by atoms with E-state index in [9.17, 15) is 14.0 Å². The molecule has 5 nitrogen and oxygen atoms in total. The van der Waals surface area contributed by atoms with Gasteiger partial charge in [0.15, 0.2) is 0 Å². The number of methoxy groups -OCH3 is 1. The van der Waals surface area contributed by atoms with Crippen LogP contribution in [0, 0.1) is 5.82 Å². The predicted molar refractivity (Wildman–Crippen MR) is 133 cm³/mol. The zero-order valence-electron chi connectivity index (χ0n) is 19.6. The molecule has 2 aromatic rings. The Labute approximate surface area is 205 Å². The minimum atomic E-state index is -0.605. The Kier molecular flexibility index (Phi) is 11.0. The summed E-state index contributed by atoms with van der Waals surface area (Å²) in [7, 11) is 1.59. The minimum absolute atomic E-state index is 0.0158. The summed E-state index contributed by atoms with van der Waals surface area (Å²) in [5, 5.41) is 3.33. The van der Waals surface area contributed by atoms with Crippen LogP contribution < -0.4 is 10.1 Å². The van der Waals surface area contributed by atoms with E-state index in [0.29, 0.717) is 17.0 Å². The summed E-state index contributed by atoms with van der Waals surface area (Å²) in [5.74, 6) is 0.343. The average molecular weight is 495 g/mol. The lowest BCUT2D eigenvalue weighted by Gasteiger charge is -2.31. The number of halogens is 2. The van der Waals surface area contributed by atoms with Gasteiger partial charge in [0.1, 0.15) is 17.6 Å². The molecule has 0 bridgehead atoms. The molecule has 0 spiro atoms. The number of hydrogen-bond acceptors (Lipinski definition) is 4. The lowest BCUT2D eigenvalue weighted by Crippen LogP contribution is -2.51. The Bertz CT molecular complexity index is 906. The van der Waals surface area contributed by atoms with E-state index in [1.54, 1.807) is 24.1 Å². The van der Waals surface area contributed by atoms with Gasteiger partial charge >= 0.3 is 0 Å². The van der Waals surface area contributed by atoms with Crippen molar-refractivity contribution in [3.63, 3.8) is 0 Å². The number of carbonyl (C=O) groups is 2. The van der Waals surface area contributed by atoms with Gasteiger partial charge in [-0.3, -0.25) is 9.59 Å². The van der Waals surface area contributed by atoms with Gasteiger partial charge in [-0.1, -0.05) is 43.6 Å². The highest BCUT2D eigenvalue weighted by molar-refractivity contribution is 7.99. The zero-order valence-corrected chi connectivity index (χ0v) is 21.1. The normalized spacial score (nSPS) is 12.7. The molecule has 2 amide bonds. The summed E-state index contributed by atoms with van der Waals surface area (Å²) in [6, 6.07) is 11.4. The number of hydrogen-bond donors (Lipinski definition) is 1. The number of nitrogens with one attached hydrogen (secondary N) is 1. The second-order valence-electron chi connectivity index (χ2n) is 7.80. The number of rotatable bonds is 12. The molecule has 0 heterocycles. The molecule has 180 valence electrons. The maximum atomic E-state index is 14.1. The molecule has 0 aromatic heterocycles. The fourth-order valence-corrected chi connectivity index (χ4v) is 4.53. The van der Waals surface area contributed by atoms with Crippen molar-refractivity contribution in [3.05, 3.63) is 64.4 Å². The minimum Gasteiger partial charge on any atom is -0.497 e. The molecule has 0 aliphatic heterocycles. The van der Waals surface area contributed by atoms with Gasteiger partial charge in [0, 0.05) is 28.9 Å². The third-order valence-corrected chi connectivity index (χ3v) is 6.73. The molecule has 2 atom stereocenters. The van der Waals surface area contributed by atoms with Crippen LogP contribution in [0.1, 0.15) is 44.7 Å². The third-order valence-electron chi connectivity index (χ3n) is 5.43. The van der Waals surface area contributed by atoms with E-state index in [-0.39, 0.29) is 35.9 Å². The number of amides is 2. The van der Waals surface area contributed by atoms with Gasteiger partial charge in [-0.15, -0.1) is 11.8 Å². The fourth-order valence-electron chi connectivity index (χ4n) is 3.28. The standard InChI is InChI=1S/C25H32ClFN2O3S/c1-5-17(3)28-25(31)23(6-2)29(14-18-10-12-19(32-4)13-11-18)24(30)16-33-15-20-21(26)8-7-9-22(20)27/h7-13,17,23H,5-6,14-16H2,1-4H3,(H,28,31)/t17-,23-/m1/s1. The number of carbonyl (C=O) groups excluding carboxylic acids is 2. The van der Waals surface area contributed by atoms with Gasteiger partial charge in [0.05, 0.1) is 12.9 Å². The van der Waals surface area contributed by atoms with E-state index >= 15 is 0 Å². The van der Waals surface area contributed by atoms with Crippen LogP contribution in [0.3, 0.4) is 0 Å². The lowest BCUT2D eigenvalue weighted by atomic mass is 10.1. The van der Waals surface area contributed by atoms with Gasteiger partial charge in [0.2, 0.25) is 11.8 Å². The largest absolute Gasteiger partial charge is 0.497 e. The van der Waals surface area contributed by atoms with E-state index in [4.69, 9.17) is 16.3 Å². The number of benzene rings is 2. The first-order valence-electron chi connectivity index (χ1n) is 11.0. The molecular weight excluding hydrogens is 463 g/mol. The highest BCUT2D eigenvalue weighted by atomic mass is 35.5. The summed E-state index contributed by atoms with van der Waals surface area (Å²) < 4.78 is 19.3. The van der Waals surface area contributed by atoms with E-state index in [1.165, 1.54) is 17.8 Å². The first kappa shape index (κ1) is 27.0. The van der Waals surface area contributed by atoms with E-state index in [0.717, 1.165) is 17.7 Å². The summed E-state index contributed by atoms with van der Waals surface area (Å²) in [5.41, 5.74) is 1.27. The number of nitrogens with zero attached hydrogens (tertiary/aromatic N) is 1. The van der Waals surface area contributed by atoms with Crippen molar-refractivity contribution in [3.8, 4) is 5.75 Å². The molecule has 8 heteroatoms. The van der Waals surface area contributed by atoms with Crippen LogP contribution in [0.25, 0.3) is 0 Å². The first-order valence-corrected chi connectivity index (χ1v) is 12.6. The Hall–Kier alpha value is -2.25. The summed E-state index contributed by atoms with van der Waals surface area (Å²) in [6.07, 6.45) is 1.28. The van der Waals surface area contributed by atoms with Crippen LogP contribution in [0.4, 0.5) is 4.39 Å². The molecule has 0 fully saturated rings. The van der Waals surface area contributed by atoms with Crippen LogP contribution in [0.2, 0.25) is 5.02 Å². The van der Waals surface area contributed by atoms with Crippen molar-refractivity contribution in [1.82, 2.24) is 10.2 Å². The average Bonchev–Trinajstić information content (AvgIpc) is 2.81. The molecule has 0 unspecified atom stereocenters. The first-order chi connectivity index (χ1) is 15.8. The number of thioether (sulfide) groups is 1. The lowest BCUT2D eigenvalue weighted by molar-refractivity contribution is -0.139. The monoisotopic (exact) mass is 494 g/mol. The summed E-state index contributed by atoms with van der Waals surface area (Å²) >= 11 is 7.38. The highest BCUT2D eigenvalue weighted by Gasteiger charge is 2.29. The molecular formula is C25H32ClFN2O3S. The van der Waals surface area contributed by atoms with Crippen molar-refractivity contribution in [1.29, 1.82) is 0 Å². The van der Waals surface area contributed by atoms with Gasteiger partial charge < -0.3 is 15.0 Å². The molecule has 33 heavy (non-hydrogen) atoms. The summed E-state index contributed by atoms with van der Waals surface area (Å²) in [4.78, 5) is 27.8. The Morgan fingerprint density at radius 1 is 1.15 bits per heavy atom. The van der Waals surface area contributed by atoms with Gasteiger partial charge in [-0.25, -0.2) is 4.39 Å². The van der Waals surface area contributed by atoms with Crippen LogP contribution >= 0.6 is 23.4 Å². The van der Waals surface area contributed by atoms with E-state index < -0.39 is 11.9 Å². The van der Waals surface area contributed by atoms with Crippen LogP contribution in [-0.2, 0) is 21.9 Å². The van der Waals surface area contributed by atoms with E-state index in [1.807, 2.05) is 45.0 Å². The van der Waals surface area contributed by atoms with Crippen molar-refractivity contribution in [2.24, 2.45) is 0 Å². The quantitative estimate of drug-likeness (QED) is 0.426. The van der Waals surface area contributed by atoms with E-state index in [2.05, 4.69) is 5.32 Å². The number of ether oxygens (including phenoxy) is 1. The smallest absolute Gasteiger partial charge is 0.243 e. The van der Waals surface area contributed by atoms with Crippen molar-refractivity contribution in [2.75, 3.05) is 12.9 Å². The molecule has 0 radical (unpaired) electrons. The molecule has 0 saturated carbocycles. The van der Waals surface area contributed by atoms with Crippen molar-refractivity contribution < 1.29 is 18.7 Å². The third kappa shape index (κ3) is 7.93. The summed E-state index contributed by atoms with van der Waals surface area (Å²) in [6.45, 7) is 6.11. The molecule has 0 saturated heterocycles. The SMILES string of the molecule is CC[C@@H](C)NC(=O)[C@@H](CC)N(Cc1ccc(OC)cc1)C(=O)CSCc1c(F)cccc1Cl. The van der Waals surface area contributed by atoms with Crippen molar-refractivity contribution in [2.45, 2.75) is 58.0 Å². The van der Waals surface area contributed by atoms with Crippen LogP contribution in [-0.4, -0.2) is 41.7 Å².